The Morgan fingerprint density at radius 1 is 1.64 bits per heavy atom. The van der Waals surface area contributed by atoms with E-state index >= 15 is 0 Å². The summed E-state index contributed by atoms with van der Waals surface area (Å²) in [4.78, 5) is 12.3. The van der Waals surface area contributed by atoms with Crippen LogP contribution in [0.15, 0.2) is 0 Å². The summed E-state index contributed by atoms with van der Waals surface area (Å²) in [5.41, 5.74) is 0. The van der Waals surface area contributed by atoms with Crippen LogP contribution in [0.5, 0.6) is 0 Å². The third kappa shape index (κ3) is 1.36. The van der Waals surface area contributed by atoms with E-state index in [4.69, 9.17) is 10.2 Å². The van der Waals surface area contributed by atoms with Crippen molar-refractivity contribution in [1.82, 2.24) is 4.90 Å². The molecule has 0 aromatic carbocycles. The number of aliphatic carboxylic acids is 1. The van der Waals surface area contributed by atoms with Crippen molar-refractivity contribution < 1.29 is 15.0 Å². The van der Waals surface area contributed by atoms with Gasteiger partial charge >= 0.3 is 5.97 Å². The van der Waals surface area contributed by atoms with E-state index in [1.54, 1.807) is 4.90 Å². The maximum absolute atomic E-state index is 10.5. The summed E-state index contributed by atoms with van der Waals surface area (Å²) < 4.78 is 0. The first-order chi connectivity index (χ1) is 5.04. The van der Waals surface area contributed by atoms with Crippen LogP contribution in [0, 0.1) is 0 Å². The second-order valence-corrected chi connectivity index (χ2v) is 3.14. The average molecular weight is 159 g/mol. The first-order valence-corrected chi connectivity index (χ1v) is 3.70. The fourth-order valence-electron chi connectivity index (χ4n) is 1.35. The number of nitrogens with zero attached hydrogens (tertiary/aromatic N) is 1. The molecule has 4 heteroatoms. The van der Waals surface area contributed by atoms with Gasteiger partial charge < -0.3 is 10.2 Å². The lowest BCUT2D eigenvalue weighted by molar-refractivity contribution is -0.163. The van der Waals surface area contributed by atoms with E-state index in [2.05, 4.69) is 0 Å². The van der Waals surface area contributed by atoms with Gasteiger partial charge in [0, 0.05) is 12.6 Å². The van der Waals surface area contributed by atoms with Crippen molar-refractivity contribution in [3.05, 3.63) is 0 Å². The number of carboxylic acid groups (broad SMARTS) is 1. The normalized spacial score (nSPS) is 32.0. The van der Waals surface area contributed by atoms with Crippen molar-refractivity contribution in [3.63, 3.8) is 0 Å². The first-order valence-electron chi connectivity index (χ1n) is 3.70. The Kier molecular flexibility index (Phi) is 2.15. The Morgan fingerprint density at radius 2 is 2.18 bits per heavy atom. The number of aliphatic hydroxyl groups excluding tert-OH is 1. The second-order valence-electron chi connectivity index (χ2n) is 3.14. The molecular weight excluding hydrogens is 146 g/mol. The van der Waals surface area contributed by atoms with Crippen LogP contribution in [0.4, 0.5) is 0 Å². The fourth-order valence-corrected chi connectivity index (χ4v) is 1.35. The van der Waals surface area contributed by atoms with Gasteiger partial charge in [-0.15, -0.1) is 0 Å². The monoisotopic (exact) mass is 159 g/mol. The molecule has 64 valence electrons. The summed E-state index contributed by atoms with van der Waals surface area (Å²) >= 11 is 0. The topological polar surface area (TPSA) is 60.8 Å². The molecule has 1 heterocycles. The number of aliphatic hydroxyl groups is 1. The standard InChI is InChI=1S/C7H13NO3/c1-4(2)8-3-5(9)6(8)7(10)11/h4-6,9H,3H2,1-2H3,(H,10,11). The largest absolute Gasteiger partial charge is 0.480 e. The summed E-state index contributed by atoms with van der Waals surface area (Å²) in [6.07, 6.45) is -0.685. The SMILES string of the molecule is CC(C)N1CC(O)C1C(=O)O. The van der Waals surface area contributed by atoms with Gasteiger partial charge in [0.05, 0.1) is 6.10 Å². The van der Waals surface area contributed by atoms with Crippen LogP contribution in [0.25, 0.3) is 0 Å². The van der Waals surface area contributed by atoms with E-state index in [1.165, 1.54) is 0 Å². The predicted octanol–water partition coefficient (Wildman–Crippen LogP) is -0.476. The van der Waals surface area contributed by atoms with Crippen molar-refractivity contribution in [2.75, 3.05) is 6.54 Å². The molecule has 1 aliphatic heterocycles. The van der Waals surface area contributed by atoms with E-state index in [9.17, 15) is 4.79 Å². The zero-order valence-corrected chi connectivity index (χ0v) is 6.69. The molecular formula is C7H13NO3. The minimum Gasteiger partial charge on any atom is -0.480 e. The number of rotatable bonds is 2. The highest BCUT2D eigenvalue weighted by molar-refractivity contribution is 5.75. The van der Waals surface area contributed by atoms with Gasteiger partial charge in [-0.05, 0) is 13.8 Å². The Hall–Kier alpha value is -0.610. The molecule has 1 saturated heterocycles. The summed E-state index contributed by atoms with van der Waals surface area (Å²) in [7, 11) is 0. The Labute approximate surface area is 65.4 Å². The van der Waals surface area contributed by atoms with Crippen molar-refractivity contribution in [3.8, 4) is 0 Å². The lowest BCUT2D eigenvalue weighted by Crippen LogP contribution is -2.65. The molecule has 0 radical (unpaired) electrons. The highest BCUT2D eigenvalue weighted by Crippen LogP contribution is 2.20. The summed E-state index contributed by atoms with van der Waals surface area (Å²) in [5, 5.41) is 17.7. The third-order valence-corrected chi connectivity index (χ3v) is 2.04. The molecule has 0 saturated carbocycles. The number of hydrogen-bond donors (Lipinski definition) is 2. The Bertz CT molecular complexity index is 169. The van der Waals surface area contributed by atoms with Crippen molar-refractivity contribution in [1.29, 1.82) is 0 Å². The molecule has 11 heavy (non-hydrogen) atoms. The maximum Gasteiger partial charge on any atom is 0.323 e. The Balaban J connectivity index is 2.55. The number of carbonyl (C=O) groups is 1. The van der Waals surface area contributed by atoms with Gasteiger partial charge in [0.15, 0.2) is 0 Å². The van der Waals surface area contributed by atoms with Gasteiger partial charge in [-0.3, -0.25) is 9.69 Å². The molecule has 2 atom stereocenters. The van der Waals surface area contributed by atoms with Gasteiger partial charge in [0.2, 0.25) is 0 Å². The third-order valence-electron chi connectivity index (χ3n) is 2.04. The molecule has 1 aliphatic rings. The van der Waals surface area contributed by atoms with Crippen LogP contribution in [-0.4, -0.2) is 45.8 Å². The number of hydrogen-bond acceptors (Lipinski definition) is 3. The van der Waals surface area contributed by atoms with Crippen LogP contribution in [0.1, 0.15) is 13.8 Å². The van der Waals surface area contributed by atoms with Gasteiger partial charge in [0.1, 0.15) is 6.04 Å². The summed E-state index contributed by atoms with van der Waals surface area (Å²) in [6.45, 7) is 4.32. The lowest BCUT2D eigenvalue weighted by atomic mass is 9.97. The lowest BCUT2D eigenvalue weighted by Gasteiger charge is -2.45. The Morgan fingerprint density at radius 3 is 2.36 bits per heavy atom. The molecule has 4 nitrogen and oxygen atoms in total. The summed E-state index contributed by atoms with van der Waals surface area (Å²) in [5.74, 6) is -0.933. The molecule has 1 fully saturated rings. The van der Waals surface area contributed by atoms with Gasteiger partial charge in [-0.2, -0.15) is 0 Å². The van der Waals surface area contributed by atoms with Crippen LogP contribution < -0.4 is 0 Å². The maximum atomic E-state index is 10.5. The van der Waals surface area contributed by atoms with Crippen molar-refractivity contribution in [2.45, 2.75) is 32.0 Å². The van der Waals surface area contributed by atoms with Crippen LogP contribution in [0.3, 0.4) is 0 Å². The highest BCUT2D eigenvalue weighted by atomic mass is 16.4. The van der Waals surface area contributed by atoms with E-state index in [1.807, 2.05) is 13.8 Å². The van der Waals surface area contributed by atoms with E-state index in [-0.39, 0.29) is 6.04 Å². The molecule has 1 rings (SSSR count). The quantitative estimate of drug-likeness (QED) is 0.571. The molecule has 2 unspecified atom stereocenters. The molecule has 0 aliphatic carbocycles. The van der Waals surface area contributed by atoms with E-state index < -0.39 is 18.1 Å². The van der Waals surface area contributed by atoms with Gasteiger partial charge in [-0.25, -0.2) is 0 Å². The van der Waals surface area contributed by atoms with E-state index in [0.29, 0.717) is 6.54 Å². The van der Waals surface area contributed by atoms with Crippen LogP contribution in [0.2, 0.25) is 0 Å². The van der Waals surface area contributed by atoms with Gasteiger partial charge in [0.25, 0.3) is 0 Å². The molecule has 0 spiro atoms. The van der Waals surface area contributed by atoms with Crippen molar-refractivity contribution in [2.24, 2.45) is 0 Å². The highest BCUT2D eigenvalue weighted by Gasteiger charge is 2.43. The molecule has 0 aromatic rings. The number of likely N-dealkylation sites (tertiary alicyclic amines) is 1. The van der Waals surface area contributed by atoms with Gasteiger partial charge in [-0.1, -0.05) is 0 Å². The number of β-amino-alcohol motifs (C(OH)–C–C–N with tert-alkyl or cyclic N) is 1. The zero-order valence-electron chi connectivity index (χ0n) is 6.69. The number of carboxylic acids is 1. The molecule has 0 bridgehead atoms. The van der Waals surface area contributed by atoms with Crippen molar-refractivity contribution >= 4 is 5.97 Å². The van der Waals surface area contributed by atoms with Crippen LogP contribution >= 0.6 is 0 Å². The molecule has 0 amide bonds. The van der Waals surface area contributed by atoms with E-state index in [0.717, 1.165) is 0 Å². The summed E-state index contributed by atoms with van der Waals surface area (Å²) in [6, 6.07) is -0.491. The molecule has 2 N–H and O–H groups in total. The second kappa shape index (κ2) is 2.79. The first kappa shape index (κ1) is 8.49. The minimum atomic E-state index is -0.933. The smallest absolute Gasteiger partial charge is 0.323 e. The van der Waals surface area contributed by atoms with Crippen LogP contribution in [-0.2, 0) is 4.79 Å². The average Bonchev–Trinajstić information content (AvgIpc) is 1.80. The molecule has 0 aromatic heterocycles. The minimum absolute atomic E-state index is 0.194. The zero-order chi connectivity index (χ0) is 8.59. The predicted molar refractivity (Wildman–Crippen MR) is 39.3 cm³/mol. The fraction of sp³-hybridized carbons (Fsp3) is 0.857.